The molecule has 0 aliphatic rings. The van der Waals surface area contributed by atoms with Crippen LogP contribution in [0.25, 0.3) is 11.1 Å². The van der Waals surface area contributed by atoms with Gasteiger partial charge in [0, 0.05) is 12.1 Å². The summed E-state index contributed by atoms with van der Waals surface area (Å²) in [5.74, 6) is -0.430. The van der Waals surface area contributed by atoms with Gasteiger partial charge < -0.3 is 10.1 Å². The lowest BCUT2D eigenvalue weighted by molar-refractivity contribution is 0.408. The Labute approximate surface area is 117 Å². The van der Waals surface area contributed by atoms with E-state index in [-0.39, 0.29) is 5.56 Å². The van der Waals surface area contributed by atoms with Crippen LogP contribution in [0.2, 0.25) is 0 Å². The van der Waals surface area contributed by atoms with Crippen LogP contribution in [0.3, 0.4) is 0 Å². The summed E-state index contributed by atoms with van der Waals surface area (Å²) in [5.41, 5.74) is 1.37. The minimum Gasteiger partial charge on any atom is -0.496 e. The third kappa shape index (κ3) is 2.96. The lowest BCUT2D eigenvalue weighted by Crippen LogP contribution is -2.12. The van der Waals surface area contributed by atoms with E-state index in [1.165, 1.54) is 18.2 Å². The van der Waals surface area contributed by atoms with Gasteiger partial charge in [-0.2, -0.15) is 0 Å². The van der Waals surface area contributed by atoms with Gasteiger partial charge >= 0.3 is 0 Å². The van der Waals surface area contributed by atoms with Crippen LogP contribution in [0.15, 0.2) is 36.4 Å². The van der Waals surface area contributed by atoms with E-state index in [9.17, 15) is 8.78 Å². The van der Waals surface area contributed by atoms with Crippen molar-refractivity contribution in [3.8, 4) is 16.9 Å². The maximum Gasteiger partial charge on any atom is 0.133 e. The second kappa shape index (κ2) is 6.48. The van der Waals surface area contributed by atoms with Crippen molar-refractivity contribution in [2.75, 3.05) is 13.7 Å². The first-order chi connectivity index (χ1) is 9.67. The van der Waals surface area contributed by atoms with E-state index >= 15 is 0 Å². The predicted molar refractivity (Wildman–Crippen MR) is 75.7 cm³/mol. The quantitative estimate of drug-likeness (QED) is 0.898. The van der Waals surface area contributed by atoms with Gasteiger partial charge in [0.15, 0.2) is 0 Å². The van der Waals surface area contributed by atoms with Gasteiger partial charge in [-0.1, -0.05) is 19.1 Å². The van der Waals surface area contributed by atoms with Crippen molar-refractivity contribution in [1.82, 2.24) is 5.32 Å². The van der Waals surface area contributed by atoms with Gasteiger partial charge in [-0.15, -0.1) is 0 Å². The van der Waals surface area contributed by atoms with Gasteiger partial charge in [0.2, 0.25) is 0 Å². The Balaban J connectivity index is 2.47. The molecule has 2 aromatic rings. The molecule has 2 rings (SSSR count). The molecule has 1 N–H and O–H groups in total. The molecule has 20 heavy (non-hydrogen) atoms. The largest absolute Gasteiger partial charge is 0.496 e. The molecule has 0 bridgehead atoms. The number of hydrogen-bond acceptors (Lipinski definition) is 2. The Hall–Kier alpha value is -1.94. The van der Waals surface area contributed by atoms with Crippen LogP contribution in [-0.2, 0) is 6.54 Å². The summed E-state index contributed by atoms with van der Waals surface area (Å²) in [4.78, 5) is 0. The first-order valence-corrected chi connectivity index (χ1v) is 6.49. The summed E-state index contributed by atoms with van der Waals surface area (Å²) < 4.78 is 32.9. The van der Waals surface area contributed by atoms with E-state index in [2.05, 4.69) is 5.32 Å². The molecule has 106 valence electrons. The highest BCUT2D eigenvalue weighted by Gasteiger charge is 2.13. The molecule has 4 heteroatoms. The molecule has 2 aromatic carbocycles. The minimum atomic E-state index is -0.565. The second-order valence-corrected chi connectivity index (χ2v) is 4.40. The number of benzene rings is 2. The molecule has 0 aliphatic carbocycles. The zero-order valence-corrected chi connectivity index (χ0v) is 11.5. The van der Waals surface area contributed by atoms with Crippen LogP contribution in [0, 0.1) is 11.6 Å². The smallest absolute Gasteiger partial charge is 0.133 e. The fourth-order valence-electron chi connectivity index (χ4n) is 2.11. The third-order valence-corrected chi connectivity index (χ3v) is 3.10. The van der Waals surface area contributed by atoms with E-state index in [1.54, 1.807) is 25.3 Å². The van der Waals surface area contributed by atoms with Gasteiger partial charge in [-0.3, -0.25) is 0 Å². The number of hydrogen-bond donors (Lipinski definition) is 1. The van der Waals surface area contributed by atoms with Crippen molar-refractivity contribution in [3.05, 3.63) is 53.6 Å². The van der Waals surface area contributed by atoms with E-state index < -0.39 is 11.6 Å². The number of rotatable bonds is 5. The molecule has 0 spiro atoms. The van der Waals surface area contributed by atoms with Gasteiger partial charge in [-0.05, 0) is 36.4 Å². The van der Waals surface area contributed by atoms with Crippen molar-refractivity contribution in [1.29, 1.82) is 0 Å². The summed E-state index contributed by atoms with van der Waals surface area (Å²) in [6.45, 7) is 3.39. The monoisotopic (exact) mass is 277 g/mol. The SMILES string of the molecule is CCNCc1cc(-c2c(F)cccc2F)ccc1OC. The summed E-state index contributed by atoms with van der Waals surface area (Å²) >= 11 is 0. The predicted octanol–water partition coefficient (Wildman–Crippen LogP) is 3.75. The maximum atomic E-state index is 13.8. The Bertz CT molecular complexity index is 579. The van der Waals surface area contributed by atoms with Gasteiger partial charge in [0.05, 0.1) is 12.7 Å². The molecule has 0 aliphatic heterocycles. The number of methoxy groups -OCH3 is 1. The highest BCUT2D eigenvalue weighted by atomic mass is 19.1. The van der Waals surface area contributed by atoms with E-state index in [0.29, 0.717) is 17.9 Å². The molecule has 0 atom stereocenters. The van der Waals surface area contributed by atoms with Crippen LogP contribution in [-0.4, -0.2) is 13.7 Å². The molecule has 0 heterocycles. The van der Waals surface area contributed by atoms with E-state index in [4.69, 9.17) is 4.74 Å². The number of halogens is 2. The molecule has 0 saturated heterocycles. The minimum absolute atomic E-state index is 0.00657. The summed E-state index contributed by atoms with van der Waals surface area (Å²) in [7, 11) is 1.58. The average Bonchev–Trinajstić information content (AvgIpc) is 2.45. The van der Waals surface area contributed by atoms with Gasteiger partial charge in [0.25, 0.3) is 0 Å². The van der Waals surface area contributed by atoms with Crippen LogP contribution in [0.1, 0.15) is 12.5 Å². The third-order valence-electron chi connectivity index (χ3n) is 3.10. The molecule has 0 fully saturated rings. The van der Waals surface area contributed by atoms with Crippen molar-refractivity contribution in [2.24, 2.45) is 0 Å². The van der Waals surface area contributed by atoms with E-state index in [0.717, 1.165) is 12.1 Å². The summed E-state index contributed by atoms with van der Waals surface area (Å²) in [6.07, 6.45) is 0. The molecule has 0 unspecified atom stereocenters. The summed E-state index contributed by atoms with van der Waals surface area (Å²) in [5, 5.41) is 3.18. The Morgan fingerprint density at radius 1 is 1.10 bits per heavy atom. The Kier molecular flexibility index (Phi) is 4.69. The van der Waals surface area contributed by atoms with Crippen molar-refractivity contribution >= 4 is 0 Å². The van der Waals surface area contributed by atoms with Crippen LogP contribution >= 0.6 is 0 Å². The van der Waals surface area contributed by atoms with E-state index in [1.807, 2.05) is 6.92 Å². The number of nitrogens with one attached hydrogen (secondary N) is 1. The number of ether oxygens (including phenoxy) is 1. The maximum absolute atomic E-state index is 13.8. The highest BCUT2D eigenvalue weighted by molar-refractivity contribution is 5.67. The van der Waals surface area contributed by atoms with Crippen molar-refractivity contribution < 1.29 is 13.5 Å². The van der Waals surface area contributed by atoms with Crippen LogP contribution in [0.5, 0.6) is 5.75 Å². The molecule has 0 radical (unpaired) electrons. The van der Waals surface area contributed by atoms with Crippen LogP contribution in [0.4, 0.5) is 8.78 Å². The standard InChI is InChI=1S/C16H17F2NO/c1-3-19-10-12-9-11(7-8-15(12)20-2)16-13(17)5-4-6-14(16)18/h4-9,19H,3,10H2,1-2H3. The highest BCUT2D eigenvalue weighted by Crippen LogP contribution is 2.30. The normalized spacial score (nSPS) is 10.6. The molecule has 0 aromatic heterocycles. The Morgan fingerprint density at radius 3 is 2.40 bits per heavy atom. The zero-order chi connectivity index (χ0) is 14.5. The Morgan fingerprint density at radius 2 is 1.80 bits per heavy atom. The van der Waals surface area contributed by atoms with Crippen LogP contribution < -0.4 is 10.1 Å². The first-order valence-electron chi connectivity index (χ1n) is 6.49. The van der Waals surface area contributed by atoms with Crippen molar-refractivity contribution in [3.63, 3.8) is 0 Å². The fourth-order valence-corrected chi connectivity index (χ4v) is 2.11. The molecular weight excluding hydrogens is 260 g/mol. The average molecular weight is 277 g/mol. The van der Waals surface area contributed by atoms with Gasteiger partial charge in [-0.25, -0.2) is 8.78 Å². The lowest BCUT2D eigenvalue weighted by atomic mass is 10.0. The molecule has 2 nitrogen and oxygen atoms in total. The lowest BCUT2D eigenvalue weighted by Gasteiger charge is -2.12. The van der Waals surface area contributed by atoms with Crippen molar-refractivity contribution in [2.45, 2.75) is 13.5 Å². The fraction of sp³-hybridized carbons (Fsp3) is 0.250. The molecular formula is C16H17F2NO. The first kappa shape index (κ1) is 14.5. The molecule has 0 amide bonds. The zero-order valence-electron chi connectivity index (χ0n) is 11.5. The summed E-state index contributed by atoms with van der Waals surface area (Å²) in [6, 6.07) is 9.02. The topological polar surface area (TPSA) is 21.3 Å². The second-order valence-electron chi connectivity index (χ2n) is 4.40. The van der Waals surface area contributed by atoms with Gasteiger partial charge in [0.1, 0.15) is 17.4 Å². The molecule has 0 saturated carbocycles.